The van der Waals surface area contributed by atoms with E-state index in [2.05, 4.69) is 5.32 Å². The molecular weight excluding hydrogens is 355 g/mol. The first kappa shape index (κ1) is 19.1. The summed E-state index contributed by atoms with van der Waals surface area (Å²) >= 11 is 5.89. The van der Waals surface area contributed by atoms with Crippen molar-refractivity contribution in [3.8, 4) is 5.75 Å². The van der Waals surface area contributed by atoms with Crippen molar-refractivity contribution in [1.82, 2.24) is 0 Å². The van der Waals surface area contributed by atoms with Crippen molar-refractivity contribution in [3.63, 3.8) is 0 Å². The van der Waals surface area contributed by atoms with Crippen LogP contribution in [0.25, 0.3) is 0 Å². The third-order valence-corrected chi connectivity index (χ3v) is 3.84. The Bertz CT molecular complexity index is 745. The van der Waals surface area contributed by atoms with E-state index in [0.717, 1.165) is 23.8 Å². The van der Waals surface area contributed by atoms with Gasteiger partial charge in [0.25, 0.3) is 5.91 Å². The largest absolute Gasteiger partial charge is 0.481 e. The van der Waals surface area contributed by atoms with Crippen LogP contribution in [-0.4, -0.2) is 12.0 Å². The number of carbonyl (C=O) groups excluding carboxylic acids is 1. The second-order valence-electron chi connectivity index (χ2n) is 5.51. The van der Waals surface area contributed by atoms with Crippen molar-refractivity contribution in [2.45, 2.75) is 32.5 Å². The second kappa shape index (κ2) is 7.78. The fourth-order valence-corrected chi connectivity index (χ4v) is 2.28. The molecule has 25 heavy (non-hydrogen) atoms. The van der Waals surface area contributed by atoms with Crippen molar-refractivity contribution in [2.75, 3.05) is 5.32 Å². The highest BCUT2D eigenvalue weighted by Crippen LogP contribution is 2.34. The summed E-state index contributed by atoms with van der Waals surface area (Å²) in [5, 5.41) is 2.43. The van der Waals surface area contributed by atoms with Gasteiger partial charge in [-0.1, -0.05) is 36.2 Å². The third kappa shape index (κ3) is 5.13. The summed E-state index contributed by atoms with van der Waals surface area (Å²) in [5.41, 5.74) is 0.0488. The van der Waals surface area contributed by atoms with E-state index in [1.807, 2.05) is 19.1 Å². The predicted molar refractivity (Wildman–Crippen MR) is 91.0 cm³/mol. The number of carbonyl (C=O) groups is 1. The zero-order valence-electron chi connectivity index (χ0n) is 13.7. The summed E-state index contributed by atoms with van der Waals surface area (Å²) in [4.78, 5) is 12.4. The van der Waals surface area contributed by atoms with E-state index in [9.17, 15) is 18.0 Å². The van der Waals surface area contributed by atoms with Crippen LogP contribution in [-0.2, 0) is 11.0 Å². The van der Waals surface area contributed by atoms with Gasteiger partial charge < -0.3 is 10.1 Å². The van der Waals surface area contributed by atoms with Crippen LogP contribution < -0.4 is 10.1 Å². The number of aryl methyl sites for hydroxylation is 1. The van der Waals surface area contributed by atoms with Crippen LogP contribution >= 0.6 is 11.6 Å². The lowest BCUT2D eigenvalue weighted by atomic mass is 10.1. The highest BCUT2D eigenvalue weighted by molar-refractivity contribution is 6.33. The third-order valence-electron chi connectivity index (χ3n) is 3.51. The van der Waals surface area contributed by atoms with Crippen molar-refractivity contribution in [3.05, 3.63) is 58.6 Å². The number of nitrogens with one attached hydrogen (secondary N) is 1. The number of hydrogen-bond donors (Lipinski definition) is 1. The fraction of sp³-hybridized carbons (Fsp3) is 0.278. The lowest BCUT2D eigenvalue weighted by Crippen LogP contribution is -2.32. The molecular formula is C18H17ClF3NO2. The molecule has 0 heterocycles. The molecule has 0 aromatic heterocycles. The van der Waals surface area contributed by atoms with Crippen LogP contribution in [0.15, 0.2) is 42.5 Å². The van der Waals surface area contributed by atoms with Gasteiger partial charge in [-0.15, -0.1) is 0 Å². The molecule has 2 aromatic carbocycles. The Kier molecular flexibility index (Phi) is 5.95. The summed E-state index contributed by atoms with van der Waals surface area (Å²) in [6.45, 7) is 3.66. The number of anilines is 1. The van der Waals surface area contributed by atoms with Gasteiger partial charge in [-0.05, 0) is 43.7 Å². The molecule has 7 heteroatoms. The smallest absolute Gasteiger partial charge is 0.416 e. The molecule has 1 amide bonds. The lowest BCUT2D eigenvalue weighted by molar-refractivity contribution is -0.137. The normalized spacial score (nSPS) is 12.6. The Hall–Kier alpha value is -2.21. The minimum Gasteiger partial charge on any atom is -0.481 e. The van der Waals surface area contributed by atoms with E-state index in [1.165, 1.54) is 0 Å². The van der Waals surface area contributed by atoms with Gasteiger partial charge in [-0.25, -0.2) is 0 Å². The molecule has 0 fully saturated rings. The number of amides is 1. The standard InChI is InChI=1S/C18H17ClF3NO2/c1-3-16(25-13-7-4-11(2)5-8-13)17(24)23-15-10-12(18(20,21)22)6-9-14(15)19/h4-10,16H,3H2,1-2H3,(H,23,24)/t16-/m0/s1. The molecule has 2 aromatic rings. The van der Waals surface area contributed by atoms with E-state index in [-0.39, 0.29) is 10.7 Å². The molecule has 0 spiro atoms. The number of halogens is 4. The average molecular weight is 372 g/mol. The second-order valence-corrected chi connectivity index (χ2v) is 5.92. The summed E-state index contributed by atoms with van der Waals surface area (Å²) in [6.07, 6.45) is -5.03. The van der Waals surface area contributed by atoms with Gasteiger partial charge in [0, 0.05) is 0 Å². The molecule has 134 valence electrons. The Morgan fingerprint density at radius 3 is 2.40 bits per heavy atom. The number of hydrogen-bond acceptors (Lipinski definition) is 2. The summed E-state index contributed by atoms with van der Waals surface area (Å²) < 4.78 is 44.0. The lowest BCUT2D eigenvalue weighted by Gasteiger charge is -2.18. The van der Waals surface area contributed by atoms with Crippen molar-refractivity contribution in [2.24, 2.45) is 0 Å². The predicted octanol–water partition coefficient (Wildman–Crippen LogP) is 5.46. The zero-order chi connectivity index (χ0) is 18.6. The Morgan fingerprint density at radius 2 is 1.84 bits per heavy atom. The zero-order valence-corrected chi connectivity index (χ0v) is 14.4. The summed E-state index contributed by atoms with van der Waals surface area (Å²) in [6, 6.07) is 9.89. The first-order valence-corrected chi connectivity index (χ1v) is 7.99. The molecule has 0 saturated heterocycles. The van der Waals surface area contributed by atoms with E-state index in [4.69, 9.17) is 16.3 Å². The van der Waals surface area contributed by atoms with Crippen LogP contribution in [0.1, 0.15) is 24.5 Å². The molecule has 0 aliphatic heterocycles. The highest BCUT2D eigenvalue weighted by Gasteiger charge is 2.31. The highest BCUT2D eigenvalue weighted by atomic mass is 35.5. The fourth-order valence-electron chi connectivity index (χ4n) is 2.11. The summed E-state index contributed by atoms with van der Waals surface area (Å²) in [5.74, 6) is -0.0629. The van der Waals surface area contributed by atoms with Gasteiger partial charge in [0.2, 0.25) is 0 Å². The molecule has 1 N–H and O–H groups in total. The number of ether oxygens (including phenoxy) is 1. The number of alkyl halides is 3. The number of rotatable bonds is 5. The molecule has 0 bridgehead atoms. The van der Waals surface area contributed by atoms with Crippen LogP contribution in [0.2, 0.25) is 5.02 Å². The van der Waals surface area contributed by atoms with Gasteiger partial charge in [0.15, 0.2) is 6.10 Å². The van der Waals surface area contributed by atoms with E-state index in [0.29, 0.717) is 12.2 Å². The average Bonchev–Trinajstić information content (AvgIpc) is 2.55. The first-order chi connectivity index (χ1) is 11.7. The van der Waals surface area contributed by atoms with Crippen LogP contribution in [0, 0.1) is 6.92 Å². The SMILES string of the molecule is CC[C@H](Oc1ccc(C)cc1)C(=O)Nc1cc(C(F)(F)F)ccc1Cl. The molecule has 0 saturated carbocycles. The van der Waals surface area contributed by atoms with Gasteiger partial charge in [-0.3, -0.25) is 4.79 Å². The molecule has 0 radical (unpaired) electrons. The van der Waals surface area contributed by atoms with Crippen LogP contribution in [0.4, 0.5) is 18.9 Å². The number of benzene rings is 2. The molecule has 0 aliphatic carbocycles. The van der Waals surface area contributed by atoms with Crippen molar-refractivity contribution >= 4 is 23.2 Å². The van der Waals surface area contributed by atoms with E-state index >= 15 is 0 Å². The molecule has 0 unspecified atom stereocenters. The summed E-state index contributed by atoms with van der Waals surface area (Å²) in [7, 11) is 0. The van der Waals surface area contributed by atoms with E-state index in [1.54, 1.807) is 19.1 Å². The first-order valence-electron chi connectivity index (χ1n) is 7.61. The van der Waals surface area contributed by atoms with Crippen molar-refractivity contribution < 1.29 is 22.7 Å². The van der Waals surface area contributed by atoms with Gasteiger partial charge in [-0.2, -0.15) is 13.2 Å². The quantitative estimate of drug-likeness (QED) is 0.757. The van der Waals surface area contributed by atoms with Crippen LogP contribution in [0.5, 0.6) is 5.75 Å². The molecule has 1 atom stereocenters. The van der Waals surface area contributed by atoms with Crippen molar-refractivity contribution in [1.29, 1.82) is 0 Å². The minimum atomic E-state index is -4.52. The minimum absolute atomic E-state index is 0.0199. The van der Waals surface area contributed by atoms with Gasteiger partial charge >= 0.3 is 6.18 Å². The molecule has 2 rings (SSSR count). The Balaban J connectivity index is 2.15. The maximum atomic E-state index is 12.8. The Labute approximate surface area is 148 Å². The topological polar surface area (TPSA) is 38.3 Å². The van der Waals surface area contributed by atoms with Gasteiger partial charge in [0.05, 0.1) is 16.3 Å². The monoisotopic (exact) mass is 371 g/mol. The molecule has 0 aliphatic rings. The Morgan fingerprint density at radius 1 is 1.20 bits per heavy atom. The van der Waals surface area contributed by atoms with E-state index < -0.39 is 23.8 Å². The van der Waals surface area contributed by atoms with Crippen LogP contribution in [0.3, 0.4) is 0 Å². The molecule has 3 nitrogen and oxygen atoms in total. The maximum Gasteiger partial charge on any atom is 0.416 e. The maximum absolute atomic E-state index is 12.8. The van der Waals surface area contributed by atoms with Gasteiger partial charge in [0.1, 0.15) is 5.75 Å².